The lowest BCUT2D eigenvalue weighted by molar-refractivity contribution is 0.560. The zero-order chi connectivity index (χ0) is 12.6. The fraction of sp³-hybridized carbons (Fsp3) is 0.308. The van der Waals surface area contributed by atoms with Crippen molar-refractivity contribution in [2.45, 2.75) is 26.2 Å². The number of aromatic nitrogens is 2. The molecule has 1 aromatic carbocycles. The smallest absolute Gasteiger partial charge is 0.127 e. The minimum atomic E-state index is -0.0272. The maximum Gasteiger partial charge on any atom is 0.127 e. The molecule has 0 aliphatic heterocycles. The average molecular weight is 250 g/mol. The van der Waals surface area contributed by atoms with Crippen molar-refractivity contribution in [2.24, 2.45) is 0 Å². The second-order valence-corrected chi connectivity index (χ2v) is 5.47. The lowest BCUT2D eigenvalue weighted by Gasteiger charge is -2.14. The number of nitrogen functional groups attached to an aromatic ring is 1. The Morgan fingerprint density at radius 3 is 2.41 bits per heavy atom. The van der Waals surface area contributed by atoms with E-state index in [1.165, 1.54) is 0 Å². The largest absolute Gasteiger partial charge is 0.384 e. The second-order valence-electron chi connectivity index (χ2n) is 5.07. The van der Waals surface area contributed by atoms with Gasteiger partial charge in [-0.3, -0.25) is 0 Å². The van der Waals surface area contributed by atoms with Gasteiger partial charge in [-0.1, -0.05) is 44.5 Å². The highest BCUT2D eigenvalue weighted by atomic mass is 35.5. The molecule has 0 amide bonds. The predicted octanol–water partition coefficient (Wildman–Crippen LogP) is 3.41. The van der Waals surface area contributed by atoms with Gasteiger partial charge in [0.1, 0.15) is 5.82 Å². The highest BCUT2D eigenvalue weighted by molar-refractivity contribution is 6.32. The molecule has 0 bridgehead atoms. The Bertz CT molecular complexity index is 538. The highest BCUT2D eigenvalue weighted by Crippen LogP contribution is 2.27. The Morgan fingerprint density at radius 1 is 1.24 bits per heavy atom. The number of halogens is 1. The molecule has 90 valence electrons. The summed E-state index contributed by atoms with van der Waals surface area (Å²) in [5.74, 6) is 0.600. The molecule has 1 aromatic heterocycles. The molecule has 1 heterocycles. The summed E-state index contributed by atoms with van der Waals surface area (Å²) in [6, 6.07) is 9.42. The molecule has 0 spiro atoms. The van der Waals surface area contributed by atoms with Crippen LogP contribution in [0.4, 0.5) is 5.82 Å². The topological polar surface area (TPSA) is 43.8 Å². The van der Waals surface area contributed by atoms with Crippen molar-refractivity contribution < 1.29 is 0 Å². The third-order valence-corrected chi connectivity index (χ3v) is 2.91. The van der Waals surface area contributed by atoms with Crippen molar-refractivity contribution in [3.8, 4) is 5.69 Å². The summed E-state index contributed by atoms with van der Waals surface area (Å²) in [6.07, 6.45) is 0. The summed E-state index contributed by atoms with van der Waals surface area (Å²) in [4.78, 5) is 0. The van der Waals surface area contributed by atoms with E-state index in [0.717, 1.165) is 11.4 Å². The SMILES string of the molecule is CC(C)(C)c1cc(N)n(-c2ccccc2Cl)n1. The molecule has 0 atom stereocenters. The van der Waals surface area contributed by atoms with Crippen LogP contribution in [0.25, 0.3) is 5.69 Å². The lowest BCUT2D eigenvalue weighted by atomic mass is 9.92. The fourth-order valence-corrected chi connectivity index (χ4v) is 1.79. The van der Waals surface area contributed by atoms with Gasteiger partial charge in [-0.05, 0) is 12.1 Å². The zero-order valence-electron chi connectivity index (χ0n) is 10.2. The van der Waals surface area contributed by atoms with Crippen LogP contribution in [0.5, 0.6) is 0 Å². The second kappa shape index (κ2) is 4.08. The van der Waals surface area contributed by atoms with Crippen LogP contribution < -0.4 is 5.73 Å². The number of nitrogens with zero attached hydrogens (tertiary/aromatic N) is 2. The van der Waals surface area contributed by atoms with Crippen molar-refractivity contribution >= 4 is 17.4 Å². The van der Waals surface area contributed by atoms with E-state index in [1.807, 2.05) is 30.3 Å². The monoisotopic (exact) mass is 249 g/mol. The van der Waals surface area contributed by atoms with Crippen molar-refractivity contribution in [3.63, 3.8) is 0 Å². The normalized spacial score (nSPS) is 11.8. The highest BCUT2D eigenvalue weighted by Gasteiger charge is 2.19. The molecule has 2 rings (SSSR count). The molecule has 2 aromatic rings. The van der Waals surface area contributed by atoms with Crippen LogP contribution in [0.3, 0.4) is 0 Å². The van der Waals surface area contributed by atoms with Gasteiger partial charge >= 0.3 is 0 Å². The Kier molecular flexibility index (Phi) is 2.87. The number of hydrogen-bond acceptors (Lipinski definition) is 2. The van der Waals surface area contributed by atoms with Crippen molar-refractivity contribution in [1.29, 1.82) is 0 Å². The van der Waals surface area contributed by atoms with Crippen LogP contribution in [0.15, 0.2) is 30.3 Å². The Balaban J connectivity index is 2.55. The predicted molar refractivity (Wildman–Crippen MR) is 71.7 cm³/mol. The van der Waals surface area contributed by atoms with Crippen LogP contribution in [0, 0.1) is 0 Å². The zero-order valence-corrected chi connectivity index (χ0v) is 11.0. The molecular weight excluding hydrogens is 234 g/mol. The number of rotatable bonds is 1. The van der Waals surface area contributed by atoms with Gasteiger partial charge in [-0.15, -0.1) is 0 Å². The van der Waals surface area contributed by atoms with E-state index in [2.05, 4.69) is 25.9 Å². The summed E-state index contributed by atoms with van der Waals surface area (Å²) < 4.78 is 1.68. The third kappa shape index (κ3) is 2.29. The molecule has 0 fully saturated rings. The average Bonchev–Trinajstić information content (AvgIpc) is 2.61. The molecule has 3 nitrogen and oxygen atoms in total. The van der Waals surface area contributed by atoms with Crippen LogP contribution in [0.1, 0.15) is 26.5 Å². The van der Waals surface area contributed by atoms with E-state index in [-0.39, 0.29) is 5.41 Å². The van der Waals surface area contributed by atoms with Crippen molar-refractivity contribution in [3.05, 3.63) is 41.0 Å². The minimum Gasteiger partial charge on any atom is -0.384 e. The minimum absolute atomic E-state index is 0.0272. The molecule has 0 radical (unpaired) electrons. The molecule has 2 N–H and O–H groups in total. The summed E-state index contributed by atoms with van der Waals surface area (Å²) in [5.41, 5.74) is 7.71. The van der Waals surface area contributed by atoms with Gasteiger partial charge in [0.25, 0.3) is 0 Å². The van der Waals surface area contributed by atoms with E-state index in [4.69, 9.17) is 17.3 Å². The molecular formula is C13H16ClN3. The van der Waals surface area contributed by atoms with E-state index in [1.54, 1.807) is 4.68 Å². The molecule has 0 saturated heterocycles. The Labute approximate surface area is 106 Å². The summed E-state index contributed by atoms with van der Waals surface area (Å²) in [7, 11) is 0. The third-order valence-electron chi connectivity index (χ3n) is 2.59. The van der Waals surface area contributed by atoms with E-state index < -0.39 is 0 Å². The lowest BCUT2D eigenvalue weighted by Crippen LogP contribution is -2.12. The number of nitrogens with two attached hydrogens (primary N) is 1. The standard InChI is InChI=1S/C13H16ClN3/c1-13(2,3)11-8-12(15)17(16-11)10-7-5-4-6-9(10)14/h4-8H,15H2,1-3H3. The first kappa shape index (κ1) is 12.0. The van der Waals surface area contributed by atoms with E-state index >= 15 is 0 Å². The van der Waals surface area contributed by atoms with Gasteiger partial charge in [0.2, 0.25) is 0 Å². The first-order valence-electron chi connectivity index (χ1n) is 5.50. The summed E-state index contributed by atoms with van der Waals surface area (Å²) >= 11 is 6.14. The van der Waals surface area contributed by atoms with Gasteiger partial charge < -0.3 is 5.73 Å². The van der Waals surface area contributed by atoms with Crippen molar-refractivity contribution in [1.82, 2.24) is 9.78 Å². The number of hydrogen-bond donors (Lipinski definition) is 1. The number of anilines is 1. The van der Waals surface area contributed by atoms with Gasteiger partial charge in [0.15, 0.2) is 0 Å². The fourth-order valence-electron chi connectivity index (χ4n) is 1.58. The molecule has 0 saturated carbocycles. The maximum atomic E-state index is 6.14. The number of para-hydroxylation sites is 1. The summed E-state index contributed by atoms with van der Waals surface area (Å²) in [5, 5.41) is 5.16. The van der Waals surface area contributed by atoms with Crippen molar-refractivity contribution in [2.75, 3.05) is 5.73 Å². The first-order valence-corrected chi connectivity index (χ1v) is 5.88. The van der Waals surface area contributed by atoms with Gasteiger partial charge in [0, 0.05) is 11.5 Å². The van der Waals surface area contributed by atoms with Gasteiger partial charge in [-0.25, -0.2) is 4.68 Å². The molecule has 0 aliphatic rings. The Hall–Kier alpha value is -1.48. The van der Waals surface area contributed by atoms with E-state index in [9.17, 15) is 0 Å². The maximum absolute atomic E-state index is 6.14. The van der Waals surface area contributed by atoms with Crippen LogP contribution in [-0.4, -0.2) is 9.78 Å². The molecule has 4 heteroatoms. The Morgan fingerprint density at radius 2 is 1.88 bits per heavy atom. The van der Waals surface area contributed by atoms with Crippen LogP contribution in [0.2, 0.25) is 5.02 Å². The molecule has 0 aliphatic carbocycles. The molecule has 0 unspecified atom stereocenters. The van der Waals surface area contributed by atoms with Gasteiger partial charge in [-0.2, -0.15) is 5.10 Å². The quantitative estimate of drug-likeness (QED) is 0.842. The molecule has 17 heavy (non-hydrogen) atoms. The van der Waals surface area contributed by atoms with Crippen LogP contribution in [-0.2, 0) is 5.41 Å². The first-order chi connectivity index (χ1) is 7.89. The van der Waals surface area contributed by atoms with Gasteiger partial charge in [0.05, 0.1) is 16.4 Å². The van der Waals surface area contributed by atoms with E-state index in [0.29, 0.717) is 10.8 Å². The number of benzene rings is 1. The summed E-state index contributed by atoms with van der Waals surface area (Å²) in [6.45, 7) is 6.31. The van der Waals surface area contributed by atoms with Crippen LogP contribution >= 0.6 is 11.6 Å².